The number of allylic oxidation sites excluding steroid dienone is 4. The number of Topliss-reactive ketones (excluding diaryl/α,β-unsaturated/α-hetero) is 6. The Kier molecular flexibility index (Phi) is 22.6. The van der Waals surface area contributed by atoms with Crippen LogP contribution in [0.25, 0.3) is 5.57 Å². The molecule has 8 aliphatic rings. The maximum absolute atomic E-state index is 12.8. The molecular weight excluding hydrogens is 1240 g/mol. The first kappa shape index (κ1) is 70.6. The molecule has 15 heteroatoms. The highest BCUT2D eigenvalue weighted by Gasteiger charge is 2.59. The SMILES string of the molecule is CC(=O)C1CC2C=CC1C2.CC(=O)C1CCCCC1.CC(=O)c1ccc(N2C(=O)C3C4C=CC(C4)C3C2=O)cc1.CC(=O)c1ccc(N2C(=O)C=C(c3ccccc3)C2=O)cc1.CC(=O)c1ccc(N2C(=O)c3ccc(C#Cc4ccccc4)cc3C2=O)cc1.CC(=O)c1ccccc1. The molecule has 7 atom stereocenters. The summed E-state index contributed by atoms with van der Waals surface area (Å²) in [5.74, 6) is 7.35. The fraction of sp³-hybridized carbons (Fsp3) is 0.262. The molecule has 4 fully saturated rings. The highest BCUT2D eigenvalue weighted by atomic mass is 16.2. The summed E-state index contributed by atoms with van der Waals surface area (Å²) in [6.45, 7) is 9.44. The highest BCUT2D eigenvalue weighted by molar-refractivity contribution is 6.43. The average Bonchev–Trinajstić information content (AvgIpc) is 1.57. The van der Waals surface area contributed by atoms with Gasteiger partial charge in [0, 0.05) is 51.3 Å². The van der Waals surface area contributed by atoms with E-state index < -0.39 is 0 Å². The zero-order valence-corrected chi connectivity index (χ0v) is 56.2. The van der Waals surface area contributed by atoms with Crippen molar-refractivity contribution in [2.75, 3.05) is 14.7 Å². The van der Waals surface area contributed by atoms with Gasteiger partial charge in [-0.2, -0.15) is 0 Å². The largest absolute Gasteiger partial charge is 0.300 e. The monoisotopic (exact) mass is 1320 g/mol. The van der Waals surface area contributed by atoms with Gasteiger partial charge in [-0.3, -0.25) is 62.4 Å². The normalized spacial score (nSPS) is 20.8. The Morgan fingerprint density at radius 1 is 0.384 bits per heavy atom. The zero-order valence-electron chi connectivity index (χ0n) is 56.2. The molecule has 0 spiro atoms. The smallest absolute Gasteiger partial charge is 0.266 e. The van der Waals surface area contributed by atoms with Crippen LogP contribution in [0.3, 0.4) is 0 Å². The molecule has 5 aliphatic carbocycles. The molecule has 0 radical (unpaired) electrons. The summed E-state index contributed by atoms with van der Waals surface area (Å²) >= 11 is 0. The topological polar surface area (TPSA) is 215 Å². The lowest BCUT2D eigenvalue weighted by Gasteiger charge is -2.17. The Labute approximate surface area is 576 Å². The number of carbonyl (C=O) groups excluding carboxylic acids is 12. The lowest BCUT2D eigenvalue weighted by molar-refractivity contribution is -0.124. The van der Waals surface area contributed by atoms with Gasteiger partial charge in [-0.05, 0) is 206 Å². The molecular formula is C84H77N3O12. The van der Waals surface area contributed by atoms with Crippen LogP contribution in [-0.2, 0) is 28.8 Å². The molecule has 3 saturated carbocycles. The number of benzene rings is 7. The first-order valence-electron chi connectivity index (χ1n) is 33.5. The van der Waals surface area contributed by atoms with Gasteiger partial charge >= 0.3 is 0 Å². The molecule has 0 N–H and O–H groups in total. The highest BCUT2D eigenvalue weighted by Crippen LogP contribution is 2.53. The van der Waals surface area contributed by atoms with Gasteiger partial charge in [-0.25, -0.2) is 9.80 Å². The fourth-order valence-electron chi connectivity index (χ4n) is 13.9. The van der Waals surface area contributed by atoms with Crippen LogP contribution < -0.4 is 14.7 Å². The quantitative estimate of drug-likeness (QED) is 0.0541. The van der Waals surface area contributed by atoms with E-state index in [1.54, 1.807) is 124 Å². The lowest BCUT2D eigenvalue weighted by atomic mass is 9.85. The molecule has 4 bridgehead atoms. The number of ketones is 6. The maximum atomic E-state index is 12.8. The van der Waals surface area contributed by atoms with Gasteiger partial charge in [0.2, 0.25) is 11.8 Å². The Morgan fingerprint density at radius 3 is 1.26 bits per heavy atom. The molecule has 7 aromatic carbocycles. The summed E-state index contributed by atoms with van der Waals surface area (Å²) in [4.78, 5) is 145. The third-order valence-electron chi connectivity index (χ3n) is 19.2. The van der Waals surface area contributed by atoms with Crippen LogP contribution in [0.1, 0.15) is 172 Å². The van der Waals surface area contributed by atoms with Crippen molar-refractivity contribution in [3.8, 4) is 11.8 Å². The van der Waals surface area contributed by atoms with E-state index in [9.17, 15) is 57.5 Å². The molecule has 99 heavy (non-hydrogen) atoms. The van der Waals surface area contributed by atoms with E-state index in [2.05, 4.69) is 36.1 Å². The molecule has 3 heterocycles. The summed E-state index contributed by atoms with van der Waals surface area (Å²) < 4.78 is 0. The molecule has 3 aliphatic heterocycles. The van der Waals surface area contributed by atoms with E-state index in [1.165, 1.54) is 57.4 Å². The van der Waals surface area contributed by atoms with E-state index in [0.717, 1.165) is 52.5 Å². The van der Waals surface area contributed by atoms with Crippen molar-refractivity contribution in [1.29, 1.82) is 0 Å². The molecule has 1 saturated heterocycles. The minimum absolute atomic E-state index is 0.0280. The molecule has 7 aromatic rings. The van der Waals surface area contributed by atoms with Crippen LogP contribution in [0.5, 0.6) is 0 Å². The first-order valence-corrected chi connectivity index (χ1v) is 33.5. The van der Waals surface area contributed by atoms with Gasteiger partial charge in [0.25, 0.3) is 23.6 Å². The number of imide groups is 3. The van der Waals surface area contributed by atoms with E-state index in [4.69, 9.17) is 0 Å². The Hall–Kier alpha value is -11.2. The van der Waals surface area contributed by atoms with Crippen LogP contribution in [0.4, 0.5) is 17.1 Å². The molecule has 15 rings (SSSR count). The number of hydrogen-bond donors (Lipinski definition) is 0. The maximum Gasteiger partial charge on any atom is 0.266 e. The first-order chi connectivity index (χ1) is 47.6. The number of fused-ring (bicyclic) bond motifs is 8. The number of hydrogen-bond acceptors (Lipinski definition) is 12. The number of carbonyl (C=O) groups is 12. The molecule has 15 nitrogen and oxygen atoms in total. The lowest BCUT2D eigenvalue weighted by Crippen LogP contribution is -2.32. The predicted octanol–water partition coefficient (Wildman–Crippen LogP) is 15.0. The third-order valence-corrected chi connectivity index (χ3v) is 19.2. The Bertz CT molecular complexity index is 4430. The van der Waals surface area contributed by atoms with Crippen molar-refractivity contribution in [3.63, 3.8) is 0 Å². The summed E-state index contributed by atoms with van der Waals surface area (Å²) in [5.41, 5.74) is 7.21. The summed E-state index contributed by atoms with van der Waals surface area (Å²) in [5, 5.41) is 0. The molecule has 6 amide bonds. The van der Waals surface area contributed by atoms with E-state index in [0.29, 0.717) is 90.9 Å². The molecule has 7 unspecified atom stereocenters. The van der Waals surface area contributed by atoms with Gasteiger partial charge < -0.3 is 0 Å². The molecule has 500 valence electrons. The number of amides is 6. The van der Waals surface area contributed by atoms with Gasteiger partial charge in [0.15, 0.2) is 23.1 Å². The van der Waals surface area contributed by atoms with Crippen LogP contribution in [0.15, 0.2) is 212 Å². The summed E-state index contributed by atoms with van der Waals surface area (Å²) in [7, 11) is 0. The minimum Gasteiger partial charge on any atom is -0.300 e. The van der Waals surface area contributed by atoms with Crippen molar-refractivity contribution in [2.24, 2.45) is 47.3 Å². The predicted molar refractivity (Wildman–Crippen MR) is 380 cm³/mol. The van der Waals surface area contributed by atoms with Gasteiger partial charge in [0.1, 0.15) is 11.6 Å². The van der Waals surface area contributed by atoms with Crippen LogP contribution in [0, 0.1) is 59.2 Å². The second-order valence-corrected chi connectivity index (χ2v) is 25.9. The number of rotatable bonds is 10. The average molecular weight is 1320 g/mol. The standard InChI is InChI=1S/C24H15NO3.C18H13NO3.C17H15NO3.C9H12O.C8H14O.C8H8O/c1-16(26)19-10-12-20(13-11-19)25-23(27)21-14-9-18(15-22(21)24(25)28)8-7-17-5-3-2-4-6-17;1-12(20)13-7-9-15(10-8-13)19-17(21)11-16(18(19)22)14-5-3-2-4-6-14;1-9(19)10-4-6-13(7-5-10)18-16(20)14-11-2-3-12(8-11)15(14)17(18)21;1-6(10)9-5-7-2-3-8(9)4-7;2*1-7(9)8-5-3-2-4-6-8/h2-6,9-15H,1H3;2-11H,1H3;2-7,11-12,14-15H,8H2,1H3;2-3,7-9H,4-5H2,1H3;8H,2-6H2,1H3;2-6H,1H3. The van der Waals surface area contributed by atoms with Crippen molar-refractivity contribution < 1.29 is 57.5 Å². The summed E-state index contributed by atoms with van der Waals surface area (Å²) in [6, 6.07) is 52.4. The second kappa shape index (κ2) is 31.8. The van der Waals surface area contributed by atoms with Gasteiger partial charge in [-0.15, -0.1) is 0 Å². The van der Waals surface area contributed by atoms with Crippen molar-refractivity contribution >= 4 is 92.8 Å². The van der Waals surface area contributed by atoms with E-state index >= 15 is 0 Å². The zero-order chi connectivity index (χ0) is 70.6. The van der Waals surface area contributed by atoms with Gasteiger partial charge in [0.05, 0.1) is 45.6 Å². The van der Waals surface area contributed by atoms with Crippen molar-refractivity contribution in [3.05, 3.63) is 262 Å². The number of nitrogens with zero attached hydrogens (tertiary/aromatic N) is 3. The Balaban J connectivity index is 0.000000135. The van der Waals surface area contributed by atoms with E-state index in [-0.39, 0.29) is 82.2 Å². The van der Waals surface area contributed by atoms with Crippen LogP contribution >= 0.6 is 0 Å². The fourth-order valence-corrected chi connectivity index (χ4v) is 13.9. The minimum atomic E-state index is -0.390. The Morgan fingerprint density at radius 2 is 0.828 bits per heavy atom. The number of anilines is 3. The van der Waals surface area contributed by atoms with Crippen LogP contribution in [-0.4, -0.2) is 70.1 Å². The van der Waals surface area contributed by atoms with Crippen molar-refractivity contribution in [1.82, 2.24) is 0 Å². The van der Waals surface area contributed by atoms with Gasteiger partial charge in [-0.1, -0.05) is 134 Å². The van der Waals surface area contributed by atoms with Crippen molar-refractivity contribution in [2.45, 2.75) is 92.9 Å². The van der Waals surface area contributed by atoms with Crippen LogP contribution in [0.2, 0.25) is 0 Å². The third kappa shape index (κ3) is 16.4. The second-order valence-electron chi connectivity index (χ2n) is 25.9. The van der Waals surface area contributed by atoms with E-state index in [1.807, 2.05) is 78.9 Å². The molecule has 0 aromatic heterocycles. The summed E-state index contributed by atoms with van der Waals surface area (Å²) in [6.07, 6.45) is 19.5.